The number of ether oxygens (including phenoxy) is 1. The highest BCUT2D eigenvalue weighted by Crippen LogP contribution is 2.33. The minimum Gasteiger partial charge on any atom is -0.376 e. The second-order valence-electron chi connectivity index (χ2n) is 8.24. The van der Waals surface area contributed by atoms with Gasteiger partial charge in [0, 0.05) is 18.0 Å². The summed E-state index contributed by atoms with van der Waals surface area (Å²) >= 11 is 2.77. The average Bonchev–Trinajstić information content (AvgIpc) is 3.53. The number of carbonyl (C=O) groups is 1. The summed E-state index contributed by atoms with van der Waals surface area (Å²) in [5.74, 6) is 0.0790. The van der Waals surface area contributed by atoms with E-state index in [9.17, 15) is 9.59 Å². The van der Waals surface area contributed by atoms with Gasteiger partial charge in [-0.2, -0.15) is 0 Å². The zero-order chi connectivity index (χ0) is 23.5. The summed E-state index contributed by atoms with van der Waals surface area (Å²) in [4.78, 5) is 32.7. The quantitative estimate of drug-likeness (QED) is 0.297. The van der Waals surface area contributed by atoms with Crippen molar-refractivity contribution >= 4 is 39.2 Å². The van der Waals surface area contributed by atoms with Gasteiger partial charge in [0.2, 0.25) is 5.91 Å². The second kappa shape index (κ2) is 10.1. The first kappa shape index (κ1) is 22.8. The lowest BCUT2D eigenvalue weighted by molar-refractivity contribution is -0.119. The summed E-state index contributed by atoms with van der Waals surface area (Å²) in [6.45, 7) is 3.24. The number of nitrogens with zero attached hydrogens (tertiary/aromatic N) is 2. The number of para-hydroxylation sites is 1. The summed E-state index contributed by atoms with van der Waals surface area (Å²) in [6.07, 6.45) is 2.10. The van der Waals surface area contributed by atoms with Crippen LogP contribution in [0.5, 0.6) is 0 Å². The van der Waals surface area contributed by atoms with Crippen LogP contribution < -0.4 is 10.9 Å². The fourth-order valence-electron chi connectivity index (χ4n) is 4.04. The molecule has 0 aliphatic carbocycles. The van der Waals surface area contributed by atoms with Gasteiger partial charge in [-0.1, -0.05) is 60.3 Å². The lowest BCUT2D eigenvalue weighted by Crippen LogP contribution is -2.33. The van der Waals surface area contributed by atoms with Crippen LogP contribution in [0.3, 0.4) is 0 Å². The van der Waals surface area contributed by atoms with E-state index in [1.165, 1.54) is 23.1 Å². The normalized spacial score (nSPS) is 15.6. The molecule has 1 aliphatic rings. The molecule has 2 aromatic carbocycles. The predicted molar refractivity (Wildman–Crippen MR) is 138 cm³/mol. The maximum Gasteiger partial charge on any atom is 0.267 e. The number of aromatic nitrogens is 2. The summed E-state index contributed by atoms with van der Waals surface area (Å²) in [7, 11) is 0. The SMILES string of the molecule is Cc1ccccc1-n1c(SCC(=O)NCC2CCCO2)nc2sc(-c3ccccc3)cc2c1=O. The molecule has 1 N–H and O–H groups in total. The van der Waals surface area contributed by atoms with Crippen molar-refractivity contribution in [2.75, 3.05) is 18.9 Å². The van der Waals surface area contributed by atoms with Crippen molar-refractivity contribution in [1.82, 2.24) is 14.9 Å². The van der Waals surface area contributed by atoms with Crippen LogP contribution in [0.25, 0.3) is 26.3 Å². The largest absolute Gasteiger partial charge is 0.376 e. The number of benzene rings is 2. The number of fused-ring (bicyclic) bond motifs is 1. The molecule has 0 bridgehead atoms. The van der Waals surface area contributed by atoms with E-state index < -0.39 is 0 Å². The molecular weight excluding hydrogens is 466 g/mol. The van der Waals surface area contributed by atoms with Crippen molar-refractivity contribution in [2.24, 2.45) is 0 Å². The highest BCUT2D eigenvalue weighted by atomic mass is 32.2. The Balaban J connectivity index is 1.49. The Morgan fingerprint density at radius 2 is 2.00 bits per heavy atom. The van der Waals surface area contributed by atoms with Crippen LogP contribution in [0.2, 0.25) is 0 Å². The molecule has 5 rings (SSSR count). The zero-order valence-electron chi connectivity index (χ0n) is 18.8. The molecule has 0 radical (unpaired) electrons. The van der Waals surface area contributed by atoms with E-state index in [-0.39, 0.29) is 23.3 Å². The Morgan fingerprint density at radius 3 is 2.76 bits per heavy atom. The maximum absolute atomic E-state index is 13.7. The predicted octanol–water partition coefficient (Wildman–Crippen LogP) is 4.81. The Hall–Kier alpha value is -2.94. The Labute approximate surface area is 206 Å². The number of carbonyl (C=O) groups excluding carboxylic acids is 1. The molecule has 0 spiro atoms. The van der Waals surface area contributed by atoms with Crippen LogP contribution in [0.15, 0.2) is 70.6 Å². The molecule has 8 heteroatoms. The molecule has 34 heavy (non-hydrogen) atoms. The fourth-order valence-corrected chi connectivity index (χ4v) is 5.96. The number of rotatable bonds is 7. The molecule has 1 fully saturated rings. The van der Waals surface area contributed by atoms with Crippen molar-refractivity contribution in [1.29, 1.82) is 0 Å². The van der Waals surface area contributed by atoms with Crippen molar-refractivity contribution in [3.63, 3.8) is 0 Å². The Morgan fingerprint density at radius 1 is 1.21 bits per heavy atom. The average molecular weight is 492 g/mol. The molecule has 0 saturated carbocycles. The van der Waals surface area contributed by atoms with Crippen LogP contribution in [-0.2, 0) is 9.53 Å². The van der Waals surface area contributed by atoms with E-state index in [0.29, 0.717) is 21.9 Å². The standard InChI is InChI=1S/C26H25N3O3S2/c1-17-8-5-6-12-21(17)29-25(31)20-14-22(18-9-3-2-4-10-18)34-24(20)28-26(29)33-16-23(30)27-15-19-11-7-13-32-19/h2-6,8-10,12,14,19H,7,11,13,15-16H2,1H3,(H,27,30). The van der Waals surface area contributed by atoms with Gasteiger partial charge >= 0.3 is 0 Å². The third-order valence-electron chi connectivity index (χ3n) is 5.83. The van der Waals surface area contributed by atoms with Crippen LogP contribution in [0.1, 0.15) is 18.4 Å². The Kier molecular flexibility index (Phi) is 6.80. The first-order valence-corrected chi connectivity index (χ1v) is 13.1. The third kappa shape index (κ3) is 4.80. The van der Waals surface area contributed by atoms with Crippen molar-refractivity contribution < 1.29 is 9.53 Å². The fraction of sp³-hybridized carbons (Fsp3) is 0.269. The van der Waals surface area contributed by atoms with Gasteiger partial charge in [0.25, 0.3) is 5.56 Å². The molecule has 1 unspecified atom stereocenters. The van der Waals surface area contributed by atoms with E-state index in [1.54, 1.807) is 4.57 Å². The maximum atomic E-state index is 13.7. The first-order valence-electron chi connectivity index (χ1n) is 11.3. The number of amides is 1. The van der Waals surface area contributed by atoms with Crippen molar-refractivity contribution in [2.45, 2.75) is 31.0 Å². The second-order valence-corrected chi connectivity index (χ2v) is 10.2. The third-order valence-corrected chi connectivity index (χ3v) is 7.85. The monoisotopic (exact) mass is 491 g/mol. The smallest absolute Gasteiger partial charge is 0.267 e. The number of thioether (sulfide) groups is 1. The molecule has 4 aromatic rings. The van der Waals surface area contributed by atoms with E-state index in [1.807, 2.05) is 67.6 Å². The van der Waals surface area contributed by atoms with Gasteiger partial charge in [0.1, 0.15) is 4.83 Å². The summed E-state index contributed by atoms with van der Waals surface area (Å²) < 4.78 is 7.22. The lowest BCUT2D eigenvalue weighted by Gasteiger charge is -2.14. The number of thiophene rings is 1. The molecule has 2 aromatic heterocycles. The zero-order valence-corrected chi connectivity index (χ0v) is 20.5. The molecule has 6 nitrogen and oxygen atoms in total. The number of aryl methyl sites for hydroxylation is 1. The molecule has 1 atom stereocenters. The highest BCUT2D eigenvalue weighted by Gasteiger charge is 2.20. The highest BCUT2D eigenvalue weighted by molar-refractivity contribution is 7.99. The molecule has 174 valence electrons. The minimum atomic E-state index is -0.125. The van der Waals surface area contributed by atoms with Crippen LogP contribution >= 0.6 is 23.1 Å². The van der Waals surface area contributed by atoms with Gasteiger partial charge in [-0.3, -0.25) is 14.2 Å². The van der Waals surface area contributed by atoms with Gasteiger partial charge in [-0.15, -0.1) is 11.3 Å². The number of nitrogens with one attached hydrogen (secondary N) is 1. The lowest BCUT2D eigenvalue weighted by atomic mass is 10.2. The summed E-state index contributed by atoms with van der Waals surface area (Å²) in [5, 5.41) is 4.04. The van der Waals surface area contributed by atoms with Gasteiger partial charge in [-0.05, 0) is 43.0 Å². The summed E-state index contributed by atoms with van der Waals surface area (Å²) in [6, 6.07) is 19.6. The molecular formula is C26H25N3O3S2. The first-order chi connectivity index (χ1) is 16.6. The van der Waals surface area contributed by atoms with Gasteiger partial charge in [-0.25, -0.2) is 4.98 Å². The van der Waals surface area contributed by atoms with Gasteiger partial charge < -0.3 is 10.1 Å². The minimum absolute atomic E-state index is 0.0936. The van der Waals surface area contributed by atoms with E-state index >= 15 is 0 Å². The van der Waals surface area contributed by atoms with Crippen LogP contribution in [0.4, 0.5) is 0 Å². The van der Waals surface area contributed by atoms with Gasteiger partial charge in [0.05, 0.1) is 22.9 Å². The van der Waals surface area contributed by atoms with E-state index in [4.69, 9.17) is 9.72 Å². The van der Waals surface area contributed by atoms with Crippen LogP contribution in [-0.4, -0.2) is 40.5 Å². The van der Waals surface area contributed by atoms with Crippen LogP contribution in [0, 0.1) is 6.92 Å². The Bertz CT molecular complexity index is 1380. The van der Waals surface area contributed by atoms with Crippen molar-refractivity contribution in [3.05, 3.63) is 76.6 Å². The van der Waals surface area contributed by atoms with E-state index in [0.717, 1.165) is 41.1 Å². The van der Waals surface area contributed by atoms with E-state index in [2.05, 4.69) is 5.32 Å². The topological polar surface area (TPSA) is 73.2 Å². The van der Waals surface area contributed by atoms with Gasteiger partial charge in [0.15, 0.2) is 5.16 Å². The number of hydrogen-bond donors (Lipinski definition) is 1. The molecule has 3 heterocycles. The molecule has 1 aliphatic heterocycles. The molecule has 1 amide bonds. The number of hydrogen-bond acceptors (Lipinski definition) is 6. The summed E-state index contributed by atoms with van der Waals surface area (Å²) in [5.41, 5.74) is 2.67. The van der Waals surface area contributed by atoms with Crippen molar-refractivity contribution in [3.8, 4) is 16.1 Å². The molecule has 1 saturated heterocycles.